The second-order valence-electron chi connectivity index (χ2n) is 4.93. The van der Waals surface area contributed by atoms with Crippen molar-refractivity contribution in [3.8, 4) is 0 Å². The molecule has 0 saturated carbocycles. The van der Waals surface area contributed by atoms with Crippen LogP contribution in [-0.2, 0) is 9.59 Å². The first-order chi connectivity index (χ1) is 9.40. The minimum absolute atomic E-state index is 0.209. The largest absolute Gasteiger partial charge is 0.378 e. The molecule has 0 heterocycles. The molecule has 0 radical (unpaired) electrons. The third kappa shape index (κ3) is 3.55. The molecule has 0 bridgehead atoms. The SMILES string of the molecule is CC(C)[C@H](C(=O)NO)N(C)C(=O)[C@H](O)c1ccccc1. The predicted octanol–water partition coefficient (Wildman–Crippen LogP) is 0.708. The zero-order valence-electron chi connectivity index (χ0n) is 11.8. The van der Waals surface area contributed by atoms with Gasteiger partial charge in [0, 0.05) is 7.05 Å². The molecule has 1 rings (SSSR count). The van der Waals surface area contributed by atoms with Crippen molar-refractivity contribution in [3.05, 3.63) is 35.9 Å². The summed E-state index contributed by atoms with van der Waals surface area (Å²) < 4.78 is 0. The predicted molar refractivity (Wildman–Crippen MR) is 72.7 cm³/mol. The number of hydrogen-bond acceptors (Lipinski definition) is 4. The molecule has 0 aliphatic carbocycles. The molecule has 0 saturated heterocycles. The van der Waals surface area contributed by atoms with Gasteiger partial charge in [-0.25, -0.2) is 5.48 Å². The van der Waals surface area contributed by atoms with E-state index in [0.717, 1.165) is 4.90 Å². The van der Waals surface area contributed by atoms with Crippen molar-refractivity contribution in [3.63, 3.8) is 0 Å². The van der Waals surface area contributed by atoms with E-state index in [-0.39, 0.29) is 5.92 Å². The minimum atomic E-state index is -1.34. The number of benzene rings is 1. The lowest BCUT2D eigenvalue weighted by molar-refractivity contribution is -0.150. The fourth-order valence-electron chi connectivity index (χ4n) is 2.10. The summed E-state index contributed by atoms with van der Waals surface area (Å²) >= 11 is 0. The van der Waals surface area contributed by atoms with Crippen LogP contribution in [0.4, 0.5) is 0 Å². The summed E-state index contributed by atoms with van der Waals surface area (Å²) in [4.78, 5) is 25.0. The van der Waals surface area contributed by atoms with Gasteiger partial charge in [-0.05, 0) is 11.5 Å². The molecule has 1 aromatic rings. The lowest BCUT2D eigenvalue weighted by atomic mass is 10.0. The van der Waals surface area contributed by atoms with E-state index in [1.54, 1.807) is 49.7 Å². The highest BCUT2D eigenvalue weighted by Gasteiger charge is 2.32. The quantitative estimate of drug-likeness (QED) is 0.547. The highest BCUT2D eigenvalue weighted by molar-refractivity contribution is 5.89. The lowest BCUT2D eigenvalue weighted by Gasteiger charge is -2.30. The molecular formula is C14H20N2O4. The van der Waals surface area contributed by atoms with Crippen molar-refractivity contribution in [2.24, 2.45) is 5.92 Å². The van der Waals surface area contributed by atoms with Crippen molar-refractivity contribution >= 4 is 11.8 Å². The van der Waals surface area contributed by atoms with Crippen LogP contribution in [0.2, 0.25) is 0 Å². The zero-order valence-corrected chi connectivity index (χ0v) is 11.8. The first-order valence-corrected chi connectivity index (χ1v) is 6.33. The van der Waals surface area contributed by atoms with Gasteiger partial charge in [-0.2, -0.15) is 0 Å². The second kappa shape index (κ2) is 7.02. The van der Waals surface area contributed by atoms with Gasteiger partial charge < -0.3 is 10.0 Å². The normalized spacial score (nSPS) is 13.7. The Bertz CT molecular complexity index is 462. The van der Waals surface area contributed by atoms with Gasteiger partial charge in [-0.3, -0.25) is 14.8 Å². The van der Waals surface area contributed by atoms with Gasteiger partial charge in [0.25, 0.3) is 11.8 Å². The number of aliphatic hydroxyl groups excluding tert-OH is 1. The van der Waals surface area contributed by atoms with Crippen LogP contribution in [0.5, 0.6) is 0 Å². The summed E-state index contributed by atoms with van der Waals surface area (Å²) in [6.45, 7) is 3.50. The van der Waals surface area contributed by atoms with Crippen LogP contribution in [0.3, 0.4) is 0 Å². The fourth-order valence-corrected chi connectivity index (χ4v) is 2.10. The molecule has 2 atom stereocenters. The van der Waals surface area contributed by atoms with Crippen molar-refractivity contribution in [1.82, 2.24) is 10.4 Å². The van der Waals surface area contributed by atoms with Crippen LogP contribution >= 0.6 is 0 Å². The molecule has 0 unspecified atom stereocenters. The Morgan fingerprint density at radius 2 is 1.75 bits per heavy atom. The van der Waals surface area contributed by atoms with Gasteiger partial charge in [-0.15, -0.1) is 0 Å². The van der Waals surface area contributed by atoms with Gasteiger partial charge in [0.2, 0.25) is 0 Å². The zero-order chi connectivity index (χ0) is 15.3. The Kier molecular flexibility index (Phi) is 5.66. The van der Waals surface area contributed by atoms with Gasteiger partial charge in [0.1, 0.15) is 6.04 Å². The summed E-state index contributed by atoms with van der Waals surface area (Å²) in [6.07, 6.45) is -1.34. The van der Waals surface area contributed by atoms with E-state index in [1.165, 1.54) is 7.05 Å². The number of carbonyl (C=O) groups excluding carboxylic acids is 2. The first kappa shape index (κ1) is 16.1. The molecule has 1 aromatic carbocycles. The smallest absolute Gasteiger partial charge is 0.266 e. The number of amides is 2. The first-order valence-electron chi connectivity index (χ1n) is 6.33. The standard InChI is InChI=1S/C14H20N2O4/c1-9(2)11(13(18)15-20)16(3)14(19)12(17)10-7-5-4-6-8-10/h4-9,11-12,17,20H,1-3H3,(H,15,18)/t11-,12-/m1/s1. The Morgan fingerprint density at radius 1 is 1.20 bits per heavy atom. The summed E-state index contributed by atoms with van der Waals surface area (Å²) in [5.74, 6) is -1.49. The second-order valence-corrected chi connectivity index (χ2v) is 4.93. The molecule has 3 N–H and O–H groups in total. The number of hydroxylamine groups is 1. The summed E-state index contributed by atoms with van der Waals surface area (Å²) in [5.41, 5.74) is 2.00. The molecule has 6 heteroatoms. The van der Waals surface area contributed by atoms with Gasteiger partial charge >= 0.3 is 0 Å². The number of nitrogens with zero attached hydrogens (tertiary/aromatic N) is 1. The number of rotatable bonds is 5. The lowest BCUT2D eigenvalue weighted by Crippen LogP contribution is -2.51. The maximum Gasteiger partial charge on any atom is 0.266 e. The number of aliphatic hydroxyl groups is 1. The fraction of sp³-hybridized carbons (Fsp3) is 0.429. The van der Waals surface area contributed by atoms with Crippen molar-refractivity contribution in [1.29, 1.82) is 0 Å². The molecule has 20 heavy (non-hydrogen) atoms. The van der Waals surface area contributed by atoms with E-state index in [4.69, 9.17) is 5.21 Å². The van der Waals surface area contributed by atoms with E-state index in [1.807, 2.05) is 0 Å². The average molecular weight is 280 g/mol. The molecular weight excluding hydrogens is 260 g/mol. The van der Waals surface area contributed by atoms with Crippen LogP contribution in [0.15, 0.2) is 30.3 Å². The highest BCUT2D eigenvalue weighted by Crippen LogP contribution is 2.18. The Hall–Kier alpha value is -1.92. The van der Waals surface area contributed by atoms with Crippen molar-refractivity contribution < 1.29 is 19.9 Å². The van der Waals surface area contributed by atoms with Crippen molar-refractivity contribution in [2.45, 2.75) is 26.0 Å². The highest BCUT2D eigenvalue weighted by atomic mass is 16.5. The summed E-state index contributed by atoms with van der Waals surface area (Å²) in [5, 5.41) is 18.8. The number of likely N-dealkylation sites (N-methyl/N-ethyl adjacent to an activating group) is 1. The van der Waals surface area contributed by atoms with Crippen molar-refractivity contribution in [2.75, 3.05) is 7.05 Å². The molecule has 0 spiro atoms. The molecule has 0 aliphatic heterocycles. The monoisotopic (exact) mass is 280 g/mol. The maximum absolute atomic E-state index is 12.2. The van der Waals surface area contributed by atoms with Gasteiger partial charge in [0.15, 0.2) is 6.10 Å². The van der Waals surface area contributed by atoms with Crippen LogP contribution < -0.4 is 5.48 Å². The van der Waals surface area contributed by atoms with Crippen LogP contribution in [-0.4, -0.2) is 40.1 Å². The van der Waals surface area contributed by atoms with E-state index in [9.17, 15) is 14.7 Å². The molecule has 2 amide bonds. The minimum Gasteiger partial charge on any atom is -0.378 e. The van der Waals surface area contributed by atoms with Crippen LogP contribution in [0.25, 0.3) is 0 Å². The Balaban J connectivity index is 2.92. The Labute approximate surface area is 118 Å². The van der Waals surface area contributed by atoms with Crippen LogP contribution in [0.1, 0.15) is 25.5 Å². The number of carbonyl (C=O) groups is 2. The maximum atomic E-state index is 12.2. The summed E-state index contributed by atoms with van der Waals surface area (Å²) in [7, 11) is 1.42. The molecule has 0 fully saturated rings. The van der Waals surface area contributed by atoms with E-state index < -0.39 is 24.0 Å². The van der Waals surface area contributed by atoms with E-state index in [0.29, 0.717) is 5.56 Å². The third-order valence-corrected chi connectivity index (χ3v) is 3.12. The van der Waals surface area contributed by atoms with Crippen LogP contribution in [0, 0.1) is 5.92 Å². The Morgan fingerprint density at radius 3 is 2.20 bits per heavy atom. The molecule has 0 aromatic heterocycles. The topological polar surface area (TPSA) is 89.9 Å². The average Bonchev–Trinajstić information content (AvgIpc) is 2.46. The van der Waals surface area contributed by atoms with E-state index in [2.05, 4.69) is 0 Å². The van der Waals surface area contributed by atoms with Gasteiger partial charge in [0.05, 0.1) is 0 Å². The number of nitrogens with one attached hydrogen (secondary N) is 1. The number of hydrogen-bond donors (Lipinski definition) is 3. The molecule has 110 valence electrons. The summed E-state index contributed by atoms with van der Waals surface area (Å²) in [6, 6.07) is 7.62. The van der Waals surface area contributed by atoms with E-state index >= 15 is 0 Å². The van der Waals surface area contributed by atoms with Gasteiger partial charge in [-0.1, -0.05) is 44.2 Å². The molecule has 0 aliphatic rings. The third-order valence-electron chi connectivity index (χ3n) is 3.12. The molecule has 6 nitrogen and oxygen atoms in total.